The van der Waals surface area contributed by atoms with Crippen LogP contribution < -0.4 is 5.48 Å². The smallest absolute Gasteiger partial charge is 0.267 e. The highest BCUT2D eigenvalue weighted by Crippen LogP contribution is 2.03. The van der Waals surface area contributed by atoms with Crippen LogP contribution in [0.2, 0.25) is 0 Å². The summed E-state index contributed by atoms with van der Waals surface area (Å²) in [5, 5.41) is 8.18. The molecule has 15 heavy (non-hydrogen) atoms. The molecule has 0 fully saturated rings. The van der Waals surface area contributed by atoms with Gasteiger partial charge in [0.1, 0.15) is 0 Å². The molecule has 1 aromatic carbocycles. The van der Waals surface area contributed by atoms with E-state index in [4.69, 9.17) is 5.21 Å². The van der Waals surface area contributed by atoms with Crippen LogP contribution in [0.15, 0.2) is 42.5 Å². The Labute approximate surface area is 87.2 Å². The largest absolute Gasteiger partial charge is 0.294 e. The number of benzene rings is 1. The number of ketones is 1. The van der Waals surface area contributed by atoms with Crippen molar-refractivity contribution in [3.63, 3.8) is 0 Å². The van der Waals surface area contributed by atoms with Gasteiger partial charge in [-0.05, 0) is 0 Å². The summed E-state index contributed by atoms with van der Waals surface area (Å²) < 4.78 is 0. The summed E-state index contributed by atoms with van der Waals surface area (Å²) >= 11 is 0. The molecule has 0 aliphatic rings. The summed E-state index contributed by atoms with van der Waals surface area (Å²) in [6.07, 6.45) is 2.65. The van der Waals surface area contributed by atoms with E-state index in [1.54, 1.807) is 24.3 Å². The third kappa shape index (κ3) is 3.74. The molecule has 0 aromatic heterocycles. The quantitative estimate of drug-likeness (QED) is 0.337. The number of Topliss-reactive ketones (excluding diaryl/α,β-unsaturated/α-hetero) is 1. The summed E-state index contributed by atoms with van der Waals surface area (Å²) in [5.74, 6) is -0.714. The van der Waals surface area contributed by atoms with Crippen molar-refractivity contribution in [2.45, 2.75) is 6.42 Å². The standard InChI is InChI=1S/C11H11NO3/c13-10(7-4-8-11(14)12-15)9-5-2-1-3-6-9/h1-6,8,15H,7H2,(H,12,14). The van der Waals surface area contributed by atoms with Crippen molar-refractivity contribution in [1.82, 2.24) is 5.48 Å². The molecule has 0 unspecified atom stereocenters. The summed E-state index contributed by atoms with van der Waals surface area (Å²) in [6, 6.07) is 8.80. The molecule has 0 aliphatic heterocycles. The number of rotatable bonds is 4. The van der Waals surface area contributed by atoms with Crippen molar-refractivity contribution in [3.8, 4) is 0 Å². The van der Waals surface area contributed by atoms with Crippen LogP contribution in [-0.4, -0.2) is 16.9 Å². The fourth-order valence-electron chi connectivity index (χ4n) is 1.05. The van der Waals surface area contributed by atoms with Crippen LogP contribution in [0, 0.1) is 0 Å². The molecule has 1 aromatic rings. The molecule has 4 nitrogen and oxygen atoms in total. The second kappa shape index (κ2) is 5.72. The fraction of sp³-hybridized carbons (Fsp3) is 0.0909. The normalized spacial score (nSPS) is 10.2. The van der Waals surface area contributed by atoms with Crippen LogP contribution in [0.3, 0.4) is 0 Å². The number of amides is 1. The first-order chi connectivity index (χ1) is 7.24. The van der Waals surface area contributed by atoms with Crippen LogP contribution in [-0.2, 0) is 4.79 Å². The van der Waals surface area contributed by atoms with Crippen LogP contribution in [0.25, 0.3) is 0 Å². The molecule has 2 N–H and O–H groups in total. The summed E-state index contributed by atoms with van der Waals surface area (Å²) in [7, 11) is 0. The van der Waals surface area contributed by atoms with Gasteiger partial charge >= 0.3 is 0 Å². The SMILES string of the molecule is O=C(C=CCC(=O)c1ccccc1)NO. The predicted molar refractivity (Wildman–Crippen MR) is 54.5 cm³/mol. The first-order valence-corrected chi connectivity index (χ1v) is 4.43. The van der Waals surface area contributed by atoms with Crippen LogP contribution in [0.5, 0.6) is 0 Å². The van der Waals surface area contributed by atoms with Gasteiger partial charge in [0.15, 0.2) is 5.78 Å². The van der Waals surface area contributed by atoms with Gasteiger partial charge in [0.05, 0.1) is 0 Å². The van der Waals surface area contributed by atoms with Gasteiger partial charge in [0.2, 0.25) is 0 Å². The Hall–Kier alpha value is -1.94. The van der Waals surface area contributed by atoms with Gasteiger partial charge in [-0.2, -0.15) is 0 Å². The van der Waals surface area contributed by atoms with Gasteiger partial charge < -0.3 is 0 Å². The molecular weight excluding hydrogens is 194 g/mol. The molecule has 0 saturated heterocycles. The van der Waals surface area contributed by atoms with E-state index < -0.39 is 5.91 Å². The van der Waals surface area contributed by atoms with E-state index in [0.29, 0.717) is 5.56 Å². The number of carbonyl (C=O) groups excluding carboxylic acids is 2. The lowest BCUT2D eigenvalue weighted by Crippen LogP contribution is -2.15. The lowest BCUT2D eigenvalue weighted by atomic mass is 10.1. The average Bonchev–Trinajstić information content (AvgIpc) is 2.29. The summed E-state index contributed by atoms with van der Waals surface area (Å²) in [5.41, 5.74) is 2.04. The van der Waals surface area contributed by atoms with Crippen molar-refractivity contribution in [3.05, 3.63) is 48.0 Å². The maximum atomic E-state index is 11.5. The van der Waals surface area contributed by atoms with Crippen molar-refractivity contribution < 1.29 is 14.8 Å². The Bertz CT molecular complexity index is 371. The van der Waals surface area contributed by atoms with E-state index in [2.05, 4.69) is 0 Å². The number of carbonyl (C=O) groups is 2. The van der Waals surface area contributed by atoms with Crippen molar-refractivity contribution in [2.75, 3.05) is 0 Å². The topological polar surface area (TPSA) is 66.4 Å². The third-order valence-electron chi connectivity index (χ3n) is 1.78. The van der Waals surface area contributed by atoms with E-state index in [1.165, 1.54) is 11.6 Å². The maximum Gasteiger partial charge on any atom is 0.267 e. The van der Waals surface area contributed by atoms with E-state index in [-0.39, 0.29) is 12.2 Å². The minimum Gasteiger partial charge on any atom is -0.294 e. The fourth-order valence-corrected chi connectivity index (χ4v) is 1.05. The lowest BCUT2D eigenvalue weighted by Gasteiger charge is -1.95. The number of allylic oxidation sites excluding steroid dienone is 1. The van der Waals surface area contributed by atoms with E-state index in [9.17, 15) is 9.59 Å². The highest BCUT2D eigenvalue weighted by atomic mass is 16.5. The molecule has 0 radical (unpaired) electrons. The zero-order valence-corrected chi connectivity index (χ0v) is 8.01. The first-order valence-electron chi connectivity index (χ1n) is 4.43. The molecule has 78 valence electrons. The lowest BCUT2D eigenvalue weighted by molar-refractivity contribution is -0.124. The zero-order valence-electron chi connectivity index (χ0n) is 8.01. The number of nitrogens with one attached hydrogen (secondary N) is 1. The third-order valence-corrected chi connectivity index (χ3v) is 1.78. The highest BCUT2D eigenvalue weighted by Gasteiger charge is 2.01. The molecule has 0 spiro atoms. The highest BCUT2D eigenvalue weighted by molar-refractivity contribution is 5.97. The van der Waals surface area contributed by atoms with Crippen LogP contribution in [0.1, 0.15) is 16.8 Å². The van der Waals surface area contributed by atoms with Gasteiger partial charge in [0, 0.05) is 18.1 Å². The van der Waals surface area contributed by atoms with E-state index in [0.717, 1.165) is 6.08 Å². The molecule has 0 saturated carbocycles. The van der Waals surface area contributed by atoms with Crippen LogP contribution in [0.4, 0.5) is 0 Å². The molecule has 0 aliphatic carbocycles. The Kier molecular flexibility index (Phi) is 4.25. The predicted octanol–water partition coefficient (Wildman–Crippen LogP) is 1.32. The Morgan fingerprint density at radius 3 is 2.53 bits per heavy atom. The Balaban J connectivity index is 2.51. The molecule has 1 rings (SSSR count). The maximum absolute atomic E-state index is 11.5. The average molecular weight is 205 g/mol. The first kappa shape index (κ1) is 11.1. The van der Waals surface area contributed by atoms with Gasteiger partial charge in [-0.3, -0.25) is 14.8 Å². The van der Waals surface area contributed by atoms with Crippen molar-refractivity contribution in [2.24, 2.45) is 0 Å². The summed E-state index contributed by atoms with van der Waals surface area (Å²) in [4.78, 5) is 22.0. The minimum atomic E-state index is -0.643. The van der Waals surface area contributed by atoms with Gasteiger partial charge in [-0.25, -0.2) is 5.48 Å². The van der Waals surface area contributed by atoms with E-state index >= 15 is 0 Å². The molecular formula is C11H11NO3. The second-order valence-corrected chi connectivity index (χ2v) is 2.87. The molecule has 1 amide bonds. The monoisotopic (exact) mass is 205 g/mol. The molecule has 4 heteroatoms. The van der Waals surface area contributed by atoms with Crippen LogP contribution >= 0.6 is 0 Å². The number of hydroxylamine groups is 1. The van der Waals surface area contributed by atoms with Crippen molar-refractivity contribution in [1.29, 1.82) is 0 Å². The van der Waals surface area contributed by atoms with Crippen molar-refractivity contribution >= 4 is 11.7 Å². The Morgan fingerprint density at radius 1 is 1.27 bits per heavy atom. The van der Waals surface area contributed by atoms with E-state index in [1.807, 2.05) is 6.07 Å². The van der Waals surface area contributed by atoms with Gasteiger partial charge in [-0.15, -0.1) is 0 Å². The number of hydrogen-bond acceptors (Lipinski definition) is 3. The van der Waals surface area contributed by atoms with Gasteiger partial charge in [-0.1, -0.05) is 36.4 Å². The Morgan fingerprint density at radius 2 is 1.93 bits per heavy atom. The number of hydrogen-bond donors (Lipinski definition) is 2. The minimum absolute atomic E-state index is 0.0717. The molecule has 0 bridgehead atoms. The second-order valence-electron chi connectivity index (χ2n) is 2.87. The van der Waals surface area contributed by atoms with Gasteiger partial charge in [0.25, 0.3) is 5.91 Å². The molecule has 0 heterocycles. The zero-order chi connectivity index (χ0) is 11.1. The molecule has 0 atom stereocenters. The summed E-state index contributed by atoms with van der Waals surface area (Å²) in [6.45, 7) is 0.